The summed E-state index contributed by atoms with van der Waals surface area (Å²) in [4.78, 5) is 16.7. The number of likely N-dealkylation sites (tertiary alicyclic amines) is 1. The van der Waals surface area contributed by atoms with Gasteiger partial charge in [-0.2, -0.15) is 0 Å². The van der Waals surface area contributed by atoms with Gasteiger partial charge in [-0.15, -0.1) is 0 Å². The molecule has 0 radical (unpaired) electrons. The van der Waals surface area contributed by atoms with Gasteiger partial charge in [0.15, 0.2) is 0 Å². The highest BCUT2D eigenvalue weighted by Crippen LogP contribution is 2.44. The lowest BCUT2D eigenvalue weighted by Gasteiger charge is -2.38. The molecule has 1 aliphatic heterocycles. The van der Waals surface area contributed by atoms with Gasteiger partial charge in [0, 0.05) is 25.0 Å². The Bertz CT molecular complexity index is 937. The van der Waals surface area contributed by atoms with Crippen LogP contribution in [0.4, 0.5) is 0 Å². The van der Waals surface area contributed by atoms with Gasteiger partial charge in [0.2, 0.25) is 5.91 Å². The number of amides is 1. The molecule has 1 heterocycles. The van der Waals surface area contributed by atoms with Crippen molar-refractivity contribution in [2.75, 3.05) is 13.1 Å². The van der Waals surface area contributed by atoms with E-state index in [0.29, 0.717) is 41.7 Å². The second-order valence-electron chi connectivity index (χ2n) is 12.6. The van der Waals surface area contributed by atoms with Crippen molar-refractivity contribution in [1.82, 2.24) is 10.2 Å². The molecule has 4 fully saturated rings. The molecule has 198 valence electrons. The number of carbonyl (C=O) groups excluding carboxylic acids is 1. The lowest BCUT2D eigenvalue weighted by molar-refractivity contribution is -0.131. The predicted octanol–water partition coefficient (Wildman–Crippen LogP) is 7.38. The summed E-state index contributed by atoms with van der Waals surface area (Å²) in [5.74, 6) is 3.20. The van der Waals surface area contributed by atoms with Crippen LogP contribution >= 0.6 is 0 Å². The third-order valence-electron chi connectivity index (χ3n) is 10.4. The van der Waals surface area contributed by atoms with E-state index in [-0.39, 0.29) is 5.92 Å². The Morgan fingerprint density at radius 3 is 1.76 bits per heavy atom. The number of fused-ring (bicyclic) bond motifs is 1. The number of benzene rings is 2. The first-order valence-electron chi connectivity index (χ1n) is 15.4. The third-order valence-corrected chi connectivity index (χ3v) is 10.4. The molecule has 1 saturated heterocycles. The van der Waals surface area contributed by atoms with Crippen molar-refractivity contribution in [3.05, 3.63) is 71.8 Å². The van der Waals surface area contributed by atoms with E-state index in [0.717, 1.165) is 19.5 Å². The molecule has 0 bridgehead atoms. The molecule has 3 nitrogen and oxygen atoms in total. The van der Waals surface area contributed by atoms with Gasteiger partial charge in [-0.25, -0.2) is 0 Å². The van der Waals surface area contributed by atoms with Crippen molar-refractivity contribution in [2.24, 2.45) is 29.6 Å². The minimum absolute atomic E-state index is 0.263. The Hall–Kier alpha value is -2.13. The molecule has 3 unspecified atom stereocenters. The molecule has 2 aromatic rings. The standard InChI is InChI=1S/C34H46N2O/c37-34(32(25-13-5-1-6-14-25)26-15-7-2-8-16-26)35-31-22-21-29-23-36(24-30(29)31)33(27-17-9-3-10-18-27)28-19-11-4-12-20-28/h3-4,9-12,17-20,25-26,29-33H,1-2,5-8,13-16,21-24H2,(H,35,37). The molecule has 3 saturated carbocycles. The van der Waals surface area contributed by atoms with E-state index in [4.69, 9.17) is 0 Å². The summed E-state index contributed by atoms with van der Waals surface area (Å²) in [7, 11) is 0. The third kappa shape index (κ3) is 5.53. The fourth-order valence-electron chi connectivity index (χ4n) is 8.65. The fraction of sp³-hybridized carbons (Fsp3) is 0.618. The molecule has 3 atom stereocenters. The van der Waals surface area contributed by atoms with Crippen molar-refractivity contribution < 1.29 is 4.79 Å². The van der Waals surface area contributed by atoms with Gasteiger partial charge in [0.25, 0.3) is 0 Å². The van der Waals surface area contributed by atoms with Crippen molar-refractivity contribution >= 4 is 5.91 Å². The average Bonchev–Trinajstić information content (AvgIpc) is 3.53. The largest absolute Gasteiger partial charge is 0.353 e. The molecule has 37 heavy (non-hydrogen) atoms. The number of carbonyl (C=O) groups is 1. The highest BCUT2D eigenvalue weighted by molar-refractivity contribution is 5.79. The van der Waals surface area contributed by atoms with Crippen molar-refractivity contribution in [3.8, 4) is 0 Å². The molecule has 0 aromatic heterocycles. The zero-order chi connectivity index (χ0) is 25.0. The van der Waals surface area contributed by atoms with E-state index >= 15 is 0 Å². The van der Waals surface area contributed by atoms with E-state index in [1.807, 2.05) is 0 Å². The molecular weight excluding hydrogens is 452 g/mol. The van der Waals surface area contributed by atoms with Crippen molar-refractivity contribution in [1.29, 1.82) is 0 Å². The highest BCUT2D eigenvalue weighted by atomic mass is 16.2. The minimum atomic E-state index is 0.263. The first-order chi connectivity index (χ1) is 18.3. The van der Waals surface area contributed by atoms with Crippen LogP contribution in [-0.4, -0.2) is 29.9 Å². The lowest BCUT2D eigenvalue weighted by Crippen LogP contribution is -2.47. The van der Waals surface area contributed by atoms with Crippen LogP contribution in [0, 0.1) is 29.6 Å². The molecule has 3 heteroatoms. The molecule has 6 rings (SSSR count). The van der Waals surface area contributed by atoms with E-state index in [1.54, 1.807) is 0 Å². The summed E-state index contributed by atoms with van der Waals surface area (Å²) in [5, 5.41) is 3.72. The van der Waals surface area contributed by atoms with Crippen LogP contribution in [0.5, 0.6) is 0 Å². The SMILES string of the molecule is O=C(NC1CCC2CN(C(c3ccccc3)c3ccccc3)CC21)C(C1CCCCC1)C1CCCCC1. The van der Waals surface area contributed by atoms with Gasteiger partial charge in [-0.3, -0.25) is 9.69 Å². The maximum atomic E-state index is 14.0. The summed E-state index contributed by atoms with van der Waals surface area (Å²) in [6.45, 7) is 2.22. The molecule has 1 amide bonds. The predicted molar refractivity (Wildman–Crippen MR) is 151 cm³/mol. The van der Waals surface area contributed by atoms with Gasteiger partial charge in [-0.1, -0.05) is 99.2 Å². The van der Waals surface area contributed by atoms with Gasteiger partial charge in [0.1, 0.15) is 0 Å². The quantitative estimate of drug-likeness (QED) is 0.432. The Morgan fingerprint density at radius 2 is 1.22 bits per heavy atom. The Labute approximate surface area is 224 Å². The summed E-state index contributed by atoms with van der Waals surface area (Å²) < 4.78 is 0. The average molecular weight is 499 g/mol. The molecule has 2 aromatic carbocycles. The zero-order valence-electron chi connectivity index (χ0n) is 22.6. The summed E-state index contributed by atoms with van der Waals surface area (Å²) >= 11 is 0. The molecule has 1 N–H and O–H groups in total. The molecular formula is C34H46N2O. The van der Waals surface area contributed by atoms with Crippen LogP contribution < -0.4 is 5.32 Å². The van der Waals surface area contributed by atoms with E-state index in [2.05, 4.69) is 70.9 Å². The summed E-state index contributed by atoms with van der Waals surface area (Å²) in [6, 6.07) is 22.7. The van der Waals surface area contributed by atoms with Crippen LogP contribution in [0.2, 0.25) is 0 Å². The highest BCUT2D eigenvalue weighted by Gasteiger charge is 2.46. The maximum Gasteiger partial charge on any atom is 0.223 e. The second kappa shape index (κ2) is 11.7. The van der Waals surface area contributed by atoms with E-state index in [9.17, 15) is 4.79 Å². The fourth-order valence-corrected chi connectivity index (χ4v) is 8.65. The van der Waals surface area contributed by atoms with Crippen LogP contribution in [0.15, 0.2) is 60.7 Å². The number of nitrogens with one attached hydrogen (secondary N) is 1. The van der Waals surface area contributed by atoms with Gasteiger partial charge in [-0.05, 0) is 73.3 Å². The lowest BCUT2D eigenvalue weighted by atomic mass is 9.69. The molecule has 0 spiro atoms. The second-order valence-corrected chi connectivity index (χ2v) is 12.6. The smallest absolute Gasteiger partial charge is 0.223 e. The van der Waals surface area contributed by atoms with Gasteiger partial charge in [0.05, 0.1) is 6.04 Å². The number of hydrogen-bond acceptors (Lipinski definition) is 2. The van der Waals surface area contributed by atoms with Crippen molar-refractivity contribution in [2.45, 2.75) is 89.1 Å². The van der Waals surface area contributed by atoms with Gasteiger partial charge < -0.3 is 5.32 Å². The van der Waals surface area contributed by atoms with E-state index in [1.165, 1.54) is 81.8 Å². The summed E-state index contributed by atoms with van der Waals surface area (Å²) in [6.07, 6.45) is 15.5. The topological polar surface area (TPSA) is 32.3 Å². The number of nitrogens with zero attached hydrogens (tertiary/aromatic N) is 1. The van der Waals surface area contributed by atoms with Crippen molar-refractivity contribution in [3.63, 3.8) is 0 Å². The Kier molecular flexibility index (Phi) is 7.97. The summed E-state index contributed by atoms with van der Waals surface area (Å²) in [5.41, 5.74) is 2.76. The van der Waals surface area contributed by atoms with Crippen LogP contribution in [0.3, 0.4) is 0 Å². The zero-order valence-corrected chi connectivity index (χ0v) is 22.6. The van der Waals surface area contributed by atoms with Crippen LogP contribution in [-0.2, 0) is 4.79 Å². The Morgan fingerprint density at radius 1 is 0.676 bits per heavy atom. The maximum absolute atomic E-state index is 14.0. The Balaban J connectivity index is 1.17. The number of rotatable bonds is 7. The molecule has 4 aliphatic rings. The first kappa shape index (κ1) is 25.2. The monoisotopic (exact) mass is 498 g/mol. The normalized spacial score (nSPS) is 27.6. The number of hydrogen-bond donors (Lipinski definition) is 1. The molecule has 3 aliphatic carbocycles. The van der Waals surface area contributed by atoms with Crippen LogP contribution in [0.25, 0.3) is 0 Å². The van der Waals surface area contributed by atoms with E-state index < -0.39 is 0 Å². The first-order valence-corrected chi connectivity index (χ1v) is 15.4. The minimum Gasteiger partial charge on any atom is -0.353 e. The van der Waals surface area contributed by atoms with Gasteiger partial charge >= 0.3 is 0 Å². The van der Waals surface area contributed by atoms with Crippen LogP contribution in [0.1, 0.15) is 94.2 Å².